The molecule has 5 atom stereocenters. The molecular formula is C31H55ClN4O6. The standard InChI is InChI=1S/C31H54N4O6.ClH/c1-8-26(31(39)33-6)35-30(38)24(21(4)5)18-27(36)25(32)17-22(20(2)3)19-34-29(37)23-13-9-10-14-28(23)41-16-12-11-15-40-7;/h9-10,13-14,20-22,24-27,36H,8,11-12,15-19,32H2,1-7H3,(H,33,39)(H,34,37)(H,35,38);1H/t22-,24+,25+,26+,27+;/m1./s1. The van der Waals surface area contributed by atoms with Crippen molar-refractivity contribution in [3.63, 3.8) is 0 Å². The molecular weight excluding hydrogens is 560 g/mol. The number of amides is 3. The average molecular weight is 615 g/mol. The summed E-state index contributed by atoms with van der Waals surface area (Å²) in [5.41, 5.74) is 6.92. The van der Waals surface area contributed by atoms with Crippen LogP contribution in [-0.2, 0) is 14.3 Å². The van der Waals surface area contributed by atoms with Gasteiger partial charge in [-0.25, -0.2) is 0 Å². The monoisotopic (exact) mass is 614 g/mol. The number of carbonyl (C=O) groups is 3. The number of nitrogens with one attached hydrogen (secondary N) is 3. The highest BCUT2D eigenvalue weighted by Crippen LogP contribution is 2.24. The van der Waals surface area contributed by atoms with Gasteiger partial charge in [0.1, 0.15) is 11.8 Å². The van der Waals surface area contributed by atoms with E-state index >= 15 is 0 Å². The predicted molar refractivity (Wildman–Crippen MR) is 169 cm³/mol. The van der Waals surface area contributed by atoms with Crippen molar-refractivity contribution in [1.82, 2.24) is 16.0 Å². The van der Waals surface area contributed by atoms with E-state index in [9.17, 15) is 19.5 Å². The highest BCUT2D eigenvalue weighted by molar-refractivity contribution is 5.96. The molecule has 0 saturated carbocycles. The molecule has 0 saturated heterocycles. The predicted octanol–water partition coefficient (Wildman–Crippen LogP) is 3.30. The fraction of sp³-hybridized carbons (Fsp3) is 0.710. The largest absolute Gasteiger partial charge is 0.493 e. The Morgan fingerprint density at radius 3 is 2.19 bits per heavy atom. The number of methoxy groups -OCH3 is 1. The van der Waals surface area contributed by atoms with Crippen LogP contribution in [0.5, 0.6) is 5.75 Å². The van der Waals surface area contributed by atoms with Gasteiger partial charge in [-0.1, -0.05) is 46.8 Å². The van der Waals surface area contributed by atoms with Crippen molar-refractivity contribution in [3.05, 3.63) is 29.8 Å². The Labute approximate surface area is 258 Å². The van der Waals surface area contributed by atoms with E-state index in [1.807, 2.05) is 26.8 Å². The Kier molecular flexibility index (Phi) is 20.1. The van der Waals surface area contributed by atoms with Gasteiger partial charge in [-0.15, -0.1) is 12.4 Å². The fourth-order valence-electron chi connectivity index (χ4n) is 4.65. The lowest BCUT2D eigenvalue weighted by atomic mass is 9.83. The Bertz CT molecular complexity index is 932. The first-order valence-electron chi connectivity index (χ1n) is 14.9. The molecule has 0 bridgehead atoms. The molecule has 0 radical (unpaired) electrons. The summed E-state index contributed by atoms with van der Waals surface area (Å²) in [5, 5.41) is 19.4. The van der Waals surface area contributed by atoms with E-state index in [1.54, 1.807) is 25.3 Å². The van der Waals surface area contributed by atoms with E-state index < -0.39 is 24.1 Å². The van der Waals surface area contributed by atoms with E-state index in [2.05, 4.69) is 29.8 Å². The Morgan fingerprint density at radius 2 is 1.62 bits per heavy atom. The van der Waals surface area contributed by atoms with Gasteiger partial charge in [0.25, 0.3) is 5.91 Å². The third-order valence-corrected chi connectivity index (χ3v) is 7.59. The van der Waals surface area contributed by atoms with E-state index in [4.69, 9.17) is 15.2 Å². The zero-order valence-corrected chi connectivity index (χ0v) is 27.3. The quantitative estimate of drug-likeness (QED) is 0.141. The minimum absolute atomic E-state index is 0. The van der Waals surface area contributed by atoms with Gasteiger partial charge in [0.15, 0.2) is 0 Å². The number of carbonyl (C=O) groups excluding carboxylic acids is 3. The summed E-state index contributed by atoms with van der Waals surface area (Å²) >= 11 is 0. The molecule has 1 rings (SSSR count). The molecule has 1 aromatic rings. The van der Waals surface area contributed by atoms with Crippen molar-refractivity contribution in [2.45, 2.75) is 84.9 Å². The topological polar surface area (TPSA) is 152 Å². The number of ether oxygens (including phenoxy) is 2. The van der Waals surface area contributed by atoms with Crippen molar-refractivity contribution >= 4 is 30.1 Å². The van der Waals surface area contributed by atoms with Crippen molar-refractivity contribution in [3.8, 4) is 5.75 Å². The van der Waals surface area contributed by atoms with Crippen LogP contribution in [-0.4, -0.2) is 74.9 Å². The molecule has 11 heteroatoms. The normalized spacial score (nSPS) is 14.7. The maximum Gasteiger partial charge on any atom is 0.255 e. The van der Waals surface area contributed by atoms with Crippen LogP contribution in [0.25, 0.3) is 0 Å². The van der Waals surface area contributed by atoms with Gasteiger partial charge in [-0.2, -0.15) is 0 Å². The van der Waals surface area contributed by atoms with Gasteiger partial charge in [0, 0.05) is 39.3 Å². The SMILES string of the molecule is CC[C@H](NC(=O)[C@@H](C[C@H](O)[C@@H](N)C[C@H](CNC(=O)c1ccccc1OCCCCOC)C(C)C)C(C)C)C(=O)NC.Cl. The van der Waals surface area contributed by atoms with E-state index in [-0.39, 0.29) is 54.3 Å². The lowest BCUT2D eigenvalue weighted by Crippen LogP contribution is -2.49. The van der Waals surface area contributed by atoms with Crippen molar-refractivity contribution in [2.24, 2.45) is 29.4 Å². The summed E-state index contributed by atoms with van der Waals surface area (Å²) < 4.78 is 10.9. The molecule has 10 nitrogen and oxygen atoms in total. The minimum atomic E-state index is -0.919. The summed E-state index contributed by atoms with van der Waals surface area (Å²) in [5.74, 6) is -0.560. The summed E-state index contributed by atoms with van der Waals surface area (Å²) in [6.07, 6.45) is 1.90. The Balaban J connectivity index is 0.0000168. The van der Waals surface area contributed by atoms with E-state index in [1.165, 1.54) is 7.05 Å². The van der Waals surface area contributed by atoms with Crippen molar-refractivity contribution in [1.29, 1.82) is 0 Å². The number of hydrogen-bond donors (Lipinski definition) is 5. The zero-order chi connectivity index (χ0) is 30.9. The van der Waals surface area contributed by atoms with Crippen LogP contribution < -0.4 is 26.4 Å². The van der Waals surface area contributed by atoms with E-state index in [0.717, 1.165) is 12.8 Å². The fourth-order valence-corrected chi connectivity index (χ4v) is 4.65. The van der Waals surface area contributed by atoms with Crippen LogP contribution in [0.2, 0.25) is 0 Å². The van der Waals surface area contributed by atoms with Crippen LogP contribution in [0.15, 0.2) is 24.3 Å². The Hall–Kier alpha value is -2.40. The minimum Gasteiger partial charge on any atom is -0.493 e. The first kappa shape index (κ1) is 39.6. The molecule has 3 amide bonds. The third kappa shape index (κ3) is 13.7. The van der Waals surface area contributed by atoms with Gasteiger partial charge in [0.2, 0.25) is 11.8 Å². The summed E-state index contributed by atoms with van der Waals surface area (Å²) in [4.78, 5) is 38.1. The van der Waals surface area contributed by atoms with Crippen molar-refractivity contribution in [2.75, 3.05) is 33.9 Å². The number of halogens is 1. The number of hydrogen-bond acceptors (Lipinski definition) is 7. The van der Waals surface area contributed by atoms with Crippen LogP contribution in [0, 0.1) is 23.7 Å². The number of likely N-dealkylation sites (N-methyl/N-ethyl adjacent to an activating group) is 1. The molecule has 0 aliphatic heterocycles. The molecule has 0 fully saturated rings. The second kappa shape index (κ2) is 21.3. The summed E-state index contributed by atoms with van der Waals surface area (Å²) in [6.45, 7) is 11.3. The number of rotatable bonds is 20. The molecule has 1 aromatic carbocycles. The third-order valence-electron chi connectivity index (χ3n) is 7.59. The number of unbranched alkanes of at least 4 members (excludes halogenated alkanes) is 1. The molecule has 0 heterocycles. The van der Waals surface area contributed by atoms with Gasteiger partial charge in [-0.05, 0) is 62.0 Å². The number of aliphatic hydroxyl groups is 1. The lowest BCUT2D eigenvalue weighted by molar-refractivity contribution is -0.132. The lowest BCUT2D eigenvalue weighted by Gasteiger charge is -2.30. The van der Waals surface area contributed by atoms with Crippen LogP contribution in [0.4, 0.5) is 0 Å². The smallest absolute Gasteiger partial charge is 0.255 e. The molecule has 242 valence electrons. The van der Waals surface area contributed by atoms with Crippen LogP contribution >= 0.6 is 12.4 Å². The molecule has 6 N–H and O–H groups in total. The maximum absolute atomic E-state index is 13.1. The molecule has 0 spiro atoms. The zero-order valence-electron chi connectivity index (χ0n) is 26.5. The molecule has 0 unspecified atom stereocenters. The maximum atomic E-state index is 13.1. The summed E-state index contributed by atoms with van der Waals surface area (Å²) in [7, 11) is 3.20. The first-order valence-corrected chi connectivity index (χ1v) is 14.9. The number of para-hydroxylation sites is 1. The van der Waals surface area contributed by atoms with Crippen LogP contribution in [0.1, 0.15) is 77.1 Å². The molecule has 42 heavy (non-hydrogen) atoms. The van der Waals surface area contributed by atoms with Crippen molar-refractivity contribution < 1.29 is 29.0 Å². The van der Waals surface area contributed by atoms with Gasteiger partial charge >= 0.3 is 0 Å². The van der Waals surface area contributed by atoms with Gasteiger partial charge in [0.05, 0.1) is 18.3 Å². The molecule has 0 aliphatic rings. The van der Waals surface area contributed by atoms with Gasteiger partial charge < -0.3 is 36.3 Å². The number of aliphatic hydroxyl groups excluding tert-OH is 1. The number of nitrogens with two attached hydrogens (primary N) is 1. The molecule has 0 aromatic heterocycles. The average Bonchev–Trinajstić information content (AvgIpc) is 2.95. The second-order valence-electron chi connectivity index (χ2n) is 11.4. The first-order chi connectivity index (χ1) is 19.5. The van der Waals surface area contributed by atoms with Crippen LogP contribution in [0.3, 0.4) is 0 Å². The molecule has 0 aliphatic carbocycles. The number of benzene rings is 1. The summed E-state index contributed by atoms with van der Waals surface area (Å²) in [6, 6.07) is 5.96. The second-order valence-corrected chi connectivity index (χ2v) is 11.4. The van der Waals surface area contributed by atoms with Gasteiger partial charge in [-0.3, -0.25) is 14.4 Å². The highest BCUT2D eigenvalue weighted by atomic mass is 35.5. The van der Waals surface area contributed by atoms with E-state index in [0.29, 0.717) is 43.9 Å². The Morgan fingerprint density at radius 1 is 0.976 bits per heavy atom. The highest BCUT2D eigenvalue weighted by Gasteiger charge is 2.31.